The lowest BCUT2D eigenvalue weighted by atomic mass is 9.93. The summed E-state index contributed by atoms with van der Waals surface area (Å²) in [6.07, 6.45) is 3.16. The van der Waals surface area contributed by atoms with Crippen LogP contribution < -0.4 is 5.32 Å². The first-order valence-corrected chi connectivity index (χ1v) is 7.58. The number of carbonyl (C=O) groups is 1. The molecule has 1 aliphatic heterocycles. The van der Waals surface area contributed by atoms with Crippen LogP contribution in [0.2, 0.25) is 0 Å². The van der Waals surface area contributed by atoms with E-state index in [0.29, 0.717) is 13.0 Å². The van der Waals surface area contributed by atoms with Crippen LogP contribution in [-0.4, -0.2) is 33.7 Å². The van der Waals surface area contributed by atoms with E-state index < -0.39 is 0 Å². The van der Waals surface area contributed by atoms with E-state index in [2.05, 4.69) is 10.4 Å². The van der Waals surface area contributed by atoms with Crippen molar-refractivity contribution < 1.29 is 9.21 Å². The van der Waals surface area contributed by atoms with Gasteiger partial charge in [-0.05, 0) is 31.5 Å². The smallest absolute Gasteiger partial charge is 0.222 e. The van der Waals surface area contributed by atoms with Crippen LogP contribution in [0.1, 0.15) is 36.1 Å². The Morgan fingerprint density at radius 2 is 2.18 bits per heavy atom. The number of rotatable bonds is 4. The van der Waals surface area contributed by atoms with Gasteiger partial charge in [0.25, 0.3) is 0 Å². The molecule has 6 heteroatoms. The van der Waals surface area contributed by atoms with E-state index in [-0.39, 0.29) is 18.0 Å². The molecule has 3 rings (SSSR count). The lowest BCUT2D eigenvalue weighted by Gasteiger charge is -2.39. The number of hydrogen-bond donors (Lipinski definition) is 1. The average molecular weight is 302 g/mol. The fraction of sp³-hybridized carbons (Fsp3) is 0.500. The van der Waals surface area contributed by atoms with Crippen molar-refractivity contribution in [2.24, 2.45) is 7.05 Å². The zero-order chi connectivity index (χ0) is 15.7. The standard InChI is InChI=1S/C16H22N4O2/c1-11-4-5-12(22-11)10-17-13-6-7-15(21)19(2)16(13)14-8-9-18-20(14)3/h4-5,8-9,13,16-17H,6-7,10H2,1-3H3/t13-,16-/m1/s1. The second kappa shape index (κ2) is 5.96. The topological polar surface area (TPSA) is 63.3 Å². The molecule has 0 spiro atoms. The summed E-state index contributed by atoms with van der Waals surface area (Å²) in [4.78, 5) is 13.9. The first kappa shape index (κ1) is 14.8. The number of likely N-dealkylation sites (tertiary alicyclic amines) is 1. The lowest BCUT2D eigenvalue weighted by molar-refractivity contribution is -0.136. The number of furan rings is 1. The molecule has 0 unspecified atom stereocenters. The molecular formula is C16H22N4O2. The predicted octanol–water partition coefficient (Wildman–Crippen LogP) is 1.77. The van der Waals surface area contributed by atoms with Gasteiger partial charge in [-0.15, -0.1) is 0 Å². The maximum Gasteiger partial charge on any atom is 0.222 e. The lowest BCUT2D eigenvalue weighted by Crippen LogP contribution is -2.49. The Labute approximate surface area is 130 Å². The highest BCUT2D eigenvalue weighted by Gasteiger charge is 2.36. The van der Waals surface area contributed by atoms with Gasteiger partial charge >= 0.3 is 0 Å². The summed E-state index contributed by atoms with van der Waals surface area (Å²) >= 11 is 0. The Kier molecular flexibility index (Phi) is 4.02. The van der Waals surface area contributed by atoms with Gasteiger partial charge < -0.3 is 14.6 Å². The van der Waals surface area contributed by atoms with E-state index in [0.717, 1.165) is 23.6 Å². The van der Waals surface area contributed by atoms with Gasteiger partial charge in [-0.1, -0.05) is 0 Å². The monoisotopic (exact) mass is 302 g/mol. The Balaban J connectivity index is 1.78. The van der Waals surface area contributed by atoms with Gasteiger partial charge in [0.15, 0.2) is 0 Å². The van der Waals surface area contributed by atoms with Crippen LogP contribution in [0.3, 0.4) is 0 Å². The van der Waals surface area contributed by atoms with E-state index in [1.165, 1.54) is 0 Å². The Hall–Kier alpha value is -2.08. The third-order valence-electron chi connectivity index (χ3n) is 4.36. The van der Waals surface area contributed by atoms with Crippen molar-refractivity contribution in [2.75, 3.05) is 7.05 Å². The SMILES string of the molecule is Cc1ccc(CN[C@@H]2CCC(=O)N(C)[C@H]2c2ccnn2C)o1. The number of aryl methyl sites for hydroxylation is 2. The molecule has 0 aliphatic carbocycles. The summed E-state index contributed by atoms with van der Waals surface area (Å²) < 4.78 is 7.45. The zero-order valence-corrected chi connectivity index (χ0v) is 13.2. The molecular weight excluding hydrogens is 280 g/mol. The molecule has 1 aliphatic rings. The number of aromatic nitrogens is 2. The third-order valence-corrected chi connectivity index (χ3v) is 4.36. The van der Waals surface area contributed by atoms with Gasteiger partial charge in [0.05, 0.1) is 18.3 Å². The van der Waals surface area contributed by atoms with E-state index in [4.69, 9.17) is 4.42 Å². The van der Waals surface area contributed by atoms with Crippen molar-refractivity contribution >= 4 is 5.91 Å². The van der Waals surface area contributed by atoms with Crippen molar-refractivity contribution in [3.8, 4) is 0 Å². The first-order valence-electron chi connectivity index (χ1n) is 7.58. The minimum Gasteiger partial charge on any atom is -0.465 e. The normalized spacial score (nSPS) is 22.3. The van der Waals surface area contributed by atoms with E-state index in [1.54, 1.807) is 6.20 Å². The van der Waals surface area contributed by atoms with Crippen molar-refractivity contribution in [3.63, 3.8) is 0 Å². The number of likely N-dealkylation sites (N-methyl/N-ethyl adjacent to an activating group) is 1. The summed E-state index contributed by atoms with van der Waals surface area (Å²) in [5, 5.41) is 7.78. The molecule has 6 nitrogen and oxygen atoms in total. The molecule has 1 saturated heterocycles. The van der Waals surface area contributed by atoms with Gasteiger partial charge in [-0.25, -0.2) is 0 Å². The second-order valence-electron chi connectivity index (χ2n) is 5.87. The average Bonchev–Trinajstić information content (AvgIpc) is 3.09. The molecule has 1 N–H and O–H groups in total. The van der Waals surface area contributed by atoms with Crippen LogP contribution in [0.15, 0.2) is 28.8 Å². The molecule has 3 heterocycles. The molecule has 0 saturated carbocycles. The Morgan fingerprint density at radius 1 is 1.36 bits per heavy atom. The van der Waals surface area contributed by atoms with Gasteiger partial charge in [-0.2, -0.15) is 5.10 Å². The highest BCUT2D eigenvalue weighted by molar-refractivity contribution is 5.77. The summed E-state index contributed by atoms with van der Waals surface area (Å²) in [7, 11) is 3.78. The van der Waals surface area contributed by atoms with Crippen LogP contribution in [0, 0.1) is 6.92 Å². The molecule has 2 atom stereocenters. The first-order chi connectivity index (χ1) is 10.6. The van der Waals surface area contributed by atoms with Crippen molar-refractivity contribution in [2.45, 2.75) is 38.4 Å². The summed E-state index contributed by atoms with van der Waals surface area (Å²) in [6.45, 7) is 2.60. The number of nitrogens with one attached hydrogen (secondary N) is 1. The van der Waals surface area contributed by atoms with Crippen LogP contribution in [0.4, 0.5) is 0 Å². The van der Waals surface area contributed by atoms with Crippen LogP contribution in [0.5, 0.6) is 0 Å². The number of piperidine rings is 1. The molecule has 22 heavy (non-hydrogen) atoms. The molecule has 0 aromatic carbocycles. The Morgan fingerprint density at radius 3 is 2.82 bits per heavy atom. The highest BCUT2D eigenvalue weighted by Crippen LogP contribution is 2.30. The summed E-state index contributed by atoms with van der Waals surface area (Å²) in [5.74, 6) is 2.01. The number of hydrogen-bond acceptors (Lipinski definition) is 4. The van der Waals surface area contributed by atoms with Gasteiger partial charge in [0, 0.05) is 32.8 Å². The van der Waals surface area contributed by atoms with E-state index in [9.17, 15) is 4.79 Å². The van der Waals surface area contributed by atoms with E-state index in [1.807, 2.05) is 48.8 Å². The fourth-order valence-corrected chi connectivity index (χ4v) is 3.14. The molecule has 1 amide bonds. The molecule has 2 aromatic heterocycles. The minimum absolute atomic E-state index is 0.00944. The quantitative estimate of drug-likeness (QED) is 0.935. The second-order valence-corrected chi connectivity index (χ2v) is 5.87. The predicted molar refractivity (Wildman–Crippen MR) is 82.0 cm³/mol. The summed E-state index contributed by atoms with van der Waals surface area (Å²) in [5.41, 5.74) is 1.05. The number of nitrogens with zero attached hydrogens (tertiary/aromatic N) is 3. The van der Waals surface area contributed by atoms with Gasteiger partial charge in [0.1, 0.15) is 11.5 Å². The van der Waals surface area contributed by atoms with Gasteiger partial charge in [-0.3, -0.25) is 9.48 Å². The summed E-state index contributed by atoms with van der Waals surface area (Å²) in [6, 6.07) is 6.10. The Bertz CT molecular complexity index is 661. The fourth-order valence-electron chi connectivity index (χ4n) is 3.14. The molecule has 1 fully saturated rings. The largest absolute Gasteiger partial charge is 0.465 e. The molecule has 0 radical (unpaired) electrons. The van der Waals surface area contributed by atoms with Crippen LogP contribution in [-0.2, 0) is 18.4 Å². The van der Waals surface area contributed by atoms with Crippen LogP contribution in [0.25, 0.3) is 0 Å². The maximum atomic E-state index is 12.1. The van der Waals surface area contributed by atoms with Gasteiger partial charge in [0.2, 0.25) is 5.91 Å². The molecule has 2 aromatic rings. The van der Waals surface area contributed by atoms with Crippen LogP contribution >= 0.6 is 0 Å². The maximum absolute atomic E-state index is 12.1. The third kappa shape index (κ3) is 2.78. The minimum atomic E-state index is -0.00944. The van der Waals surface area contributed by atoms with Crippen molar-refractivity contribution in [1.29, 1.82) is 0 Å². The van der Waals surface area contributed by atoms with Crippen molar-refractivity contribution in [3.05, 3.63) is 41.6 Å². The zero-order valence-electron chi connectivity index (χ0n) is 13.2. The molecule has 118 valence electrons. The number of carbonyl (C=O) groups excluding carboxylic acids is 1. The number of amides is 1. The molecule has 0 bridgehead atoms. The van der Waals surface area contributed by atoms with Crippen molar-refractivity contribution in [1.82, 2.24) is 20.0 Å². The van der Waals surface area contributed by atoms with E-state index >= 15 is 0 Å². The highest BCUT2D eigenvalue weighted by atomic mass is 16.3.